The molecule has 1 nitrogen and oxygen atoms in total. The molecular formula is C14H10BrClF2O. The first-order chi connectivity index (χ1) is 8.95. The van der Waals surface area contributed by atoms with Crippen LogP contribution in [0.5, 0.6) is 0 Å². The Kier molecular flexibility index (Phi) is 4.55. The van der Waals surface area contributed by atoms with Crippen LogP contribution in [0.3, 0.4) is 0 Å². The lowest BCUT2D eigenvalue weighted by molar-refractivity contribution is 0.178. The van der Waals surface area contributed by atoms with E-state index in [-0.39, 0.29) is 17.3 Å². The van der Waals surface area contributed by atoms with Crippen LogP contribution in [0.4, 0.5) is 8.78 Å². The maximum absolute atomic E-state index is 13.2. The SMILES string of the molecule is OC(Cc1cc(F)cc(Br)c1)c1ccc(F)cc1Cl. The van der Waals surface area contributed by atoms with Gasteiger partial charge in [0.2, 0.25) is 0 Å². The number of aliphatic hydroxyl groups is 1. The fraction of sp³-hybridized carbons (Fsp3) is 0.143. The van der Waals surface area contributed by atoms with Gasteiger partial charge in [-0.15, -0.1) is 0 Å². The highest BCUT2D eigenvalue weighted by atomic mass is 79.9. The molecule has 0 heterocycles. The number of rotatable bonds is 3. The summed E-state index contributed by atoms with van der Waals surface area (Å²) in [6.45, 7) is 0. The van der Waals surface area contributed by atoms with E-state index < -0.39 is 11.9 Å². The van der Waals surface area contributed by atoms with Crippen LogP contribution in [0.1, 0.15) is 17.2 Å². The van der Waals surface area contributed by atoms with Gasteiger partial charge in [0.25, 0.3) is 0 Å². The van der Waals surface area contributed by atoms with Crippen molar-refractivity contribution in [1.29, 1.82) is 0 Å². The quantitative estimate of drug-likeness (QED) is 0.856. The third-order valence-corrected chi connectivity index (χ3v) is 3.46. The molecule has 2 aromatic rings. The molecule has 0 bridgehead atoms. The van der Waals surface area contributed by atoms with Gasteiger partial charge in [0, 0.05) is 15.9 Å². The molecule has 1 N–H and O–H groups in total. The van der Waals surface area contributed by atoms with Gasteiger partial charge >= 0.3 is 0 Å². The standard InChI is InChI=1S/C14H10BrClF2O/c15-9-3-8(4-11(18)6-9)5-14(19)12-2-1-10(17)7-13(12)16/h1-4,6-7,14,19H,5H2. The summed E-state index contributed by atoms with van der Waals surface area (Å²) in [5.41, 5.74) is 1.04. The average molecular weight is 348 g/mol. The van der Waals surface area contributed by atoms with Gasteiger partial charge in [-0.25, -0.2) is 8.78 Å². The molecule has 0 spiro atoms. The number of aliphatic hydroxyl groups excluding tert-OH is 1. The first kappa shape index (κ1) is 14.4. The van der Waals surface area contributed by atoms with Crippen LogP contribution in [-0.4, -0.2) is 5.11 Å². The summed E-state index contributed by atoms with van der Waals surface area (Å²) < 4.78 is 26.7. The molecule has 0 aromatic heterocycles. The van der Waals surface area contributed by atoms with Crippen molar-refractivity contribution in [2.45, 2.75) is 12.5 Å². The van der Waals surface area contributed by atoms with Crippen molar-refractivity contribution in [3.8, 4) is 0 Å². The van der Waals surface area contributed by atoms with Crippen molar-refractivity contribution in [3.05, 3.63) is 68.7 Å². The summed E-state index contributed by atoms with van der Waals surface area (Å²) in [7, 11) is 0. The van der Waals surface area contributed by atoms with Gasteiger partial charge in [-0.05, 0) is 41.5 Å². The van der Waals surface area contributed by atoms with E-state index in [0.717, 1.165) is 6.07 Å². The number of halogens is 4. The Morgan fingerprint density at radius 1 is 1.11 bits per heavy atom. The fourth-order valence-electron chi connectivity index (χ4n) is 1.83. The molecule has 0 aliphatic heterocycles. The van der Waals surface area contributed by atoms with E-state index >= 15 is 0 Å². The molecule has 1 unspecified atom stereocenters. The molecule has 0 saturated carbocycles. The zero-order chi connectivity index (χ0) is 14.0. The first-order valence-corrected chi connectivity index (χ1v) is 6.71. The minimum Gasteiger partial charge on any atom is -0.388 e. The Bertz CT molecular complexity index is 584. The number of hydrogen-bond donors (Lipinski definition) is 1. The molecule has 100 valence electrons. The predicted octanol–water partition coefficient (Wildman–Crippen LogP) is 4.66. The van der Waals surface area contributed by atoms with E-state index in [2.05, 4.69) is 15.9 Å². The van der Waals surface area contributed by atoms with Gasteiger partial charge in [-0.2, -0.15) is 0 Å². The van der Waals surface area contributed by atoms with Crippen molar-refractivity contribution in [3.63, 3.8) is 0 Å². The van der Waals surface area contributed by atoms with E-state index in [1.54, 1.807) is 6.07 Å². The second-order valence-electron chi connectivity index (χ2n) is 4.16. The molecule has 0 aliphatic carbocycles. The number of benzene rings is 2. The Labute approximate surface area is 123 Å². The molecule has 0 aliphatic rings. The van der Waals surface area contributed by atoms with Crippen molar-refractivity contribution in [2.75, 3.05) is 0 Å². The van der Waals surface area contributed by atoms with Crippen LogP contribution < -0.4 is 0 Å². The summed E-state index contributed by atoms with van der Waals surface area (Å²) in [5.74, 6) is -0.851. The van der Waals surface area contributed by atoms with Crippen LogP contribution in [0.2, 0.25) is 5.02 Å². The molecule has 0 radical (unpaired) electrons. The lowest BCUT2D eigenvalue weighted by Gasteiger charge is -2.13. The van der Waals surface area contributed by atoms with Crippen LogP contribution >= 0.6 is 27.5 Å². The molecule has 0 amide bonds. The molecule has 5 heteroatoms. The molecule has 19 heavy (non-hydrogen) atoms. The smallest absolute Gasteiger partial charge is 0.124 e. The van der Waals surface area contributed by atoms with Gasteiger partial charge in [0.1, 0.15) is 11.6 Å². The second-order valence-corrected chi connectivity index (χ2v) is 5.49. The Balaban J connectivity index is 2.22. The monoisotopic (exact) mass is 346 g/mol. The van der Waals surface area contributed by atoms with Crippen LogP contribution in [0, 0.1) is 11.6 Å². The third-order valence-electron chi connectivity index (χ3n) is 2.67. The van der Waals surface area contributed by atoms with Crippen LogP contribution in [0.25, 0.3) is 0 Å². The maximum atomic E-state index is 13.2. The summed E-state index contributed by atoms with van der Waals surface area (Å²) in [6.07, 6.45) is -0.719. The highest BCUT2D eigenvalue weighted by Gasteiger charge is 2.13. The zero-order valence-electron chi connectivity index (χ0n) is 9.71. The molecule has 2 rings (SSSR count). The van der Waals surface area contributed by atoms with Crippen molar-refractivity contribution in [1.82, 2.24) is 0 Å². The van der Waals surface area contributed by atoms with Crippen molar-refractivity contribution >= 4 is 27.5 Å². The lowest BCUT2D eigenvalue weighted by atomic mass is 10.0. The highest BCUT2D eigenvalue weighted by Crippen LogP contribution is 2.27. The normalized spacial score (nSPS) is 12.5. The summed E-state index contributed by atoms with van der Waals surface area (Å²) >= 11 is 9.06. The van der Waals surface area contributed by atoms with E-state index in [1.165, 1.54) is 24.3 Å². The van der Waals surface area contributed by atoms with Gasteiger partial charge < -0.3 is 5.11 Å². The molecule has 0 fully saturated rings. The van der Waals surface area contributed by atoms with E-state index in [4.69, 9.17) is 11.6 Å². The van der Waals surface area contributed by atoms with Crippen molar-refractivity contribution in [2.24, 2.45) is 0 Å². The van der Waals surface area contributed by atoms with Gasteiger partial charge in [0.15, 0.2) is 0 Å². The summed E-state index contributed by atoms with van der Waals surface area (Å²) in [6, 6.07) is 8.18. The molecule has 0 saturated heterocycles. The maximum Gasteiger partial charge on any atom is 0.124 e. The highest BCUT2D eigenvalue weighted by molar-refractivity contribution is 9.10. The largest absolute Gasteiger partial charge is 0.388 e. The Morgan fingerprint density at radius 3 is 2.47 bits per heavy atom. The molecule has 1 atom stereocenters. The predicted molar refractivity (Wildman–Crippen MR) is 74.2 cm³/mol. The number of hydrogen-bond acceptors (Lipinski definition) is 1. The summed E-state index contributed by atoms with van der Waals surface area (Å²) in [5, 5.41) is 10.2. The topological polar surface area (TPSA) is 20.2 Å². The fourth-order valence-corrected chi connectivity index (χ4v) is 2.64. The van der Waals surface area contributed by atoms with E-state index in [1.807, 2.05) is 0 Å². The van der Waals surface area contributed by atoms with E-state index in [9.17, 15) is 13.9 Å². The average Bonchev–Trinajstić information content (AvgIpc) is 2.26. The second kappa shape index (κ2) is 5.99. The van der Waals surface area contributed by atoms with Gasteiger partial charge in [0.05, 0.1) is 6.10 Å². The Morgan fingerprint density at radius 2 is 1.84 bits per heavy atom. The first-order valence-electron chi connectivity index (χ1n) is 5.53. The molecular weight excluding hydrogens is 338 g/mol. The van der Waals surface area contributed by atoms with Crippen LogP contribution in [-0.2, 0) is 6.42 Å². The minimum absolute atomic E-state index is 0.156. The minimum atomic E-state index is -0.915. The zero-order valence-corrected chi connectivity index (χ0v) is 12.0. The van der Waals surface area contributed by atoms with Gasteiger partial charge in [-0.3, -0.25) is 0 Å². The Hall–Kier alpha value is -0.970. The van der Waals surface area contributed by atoms with Crippen molar-refractivity contribution < 1.29 is 13.9 Å². The third kappa shape index (κ3) is 3.75. The summed E-state index contributed by atoms with van der Waals surface area (Å²) in [4.78, 5) is 0. The van der Waals surface area contributed by atoms with E-state index in [0.29, 0.717) is 15.6 Å². The van der Waals surface area contributed by atoms with Crippen LogP contribution in [0.15, 0.2) is 40.9 Å². The lowest BCUT2D eigenvalue weighted by Crippen LogP contribution is -2.03. The van der Waals surface area contributed by atoms with Gasteiger partial charge in [-0.1, -0.05) is 33.6 Å². The molecule has 2 aromatic carbocycles.